The van der Waals surface area contributed by atoms with Gasteiger partial charge in [-0.15, -0.1) is 0 Å². The lowest BCUT2D eigenvalue weighted by atomic mass is 9.88. The summed E-state index contributed by atoms with van der Waals surface area (Å²) in [6.07, 6.45) is 2.75. The summed E-state index contributed by atoms with van der Waals surface area (Å²) in [5.41, 5.74) is 2.98. The van der Waals surface area contributed by atoms with Gasteiger partial charge < -0.3 is 10.4 Å². The van der Waals surface area contributed by atoms with E-state index in [9.17, 15) is 9.90 Å². The normalized spacial score (nSPS) is 17.1. The highest BCUT2D eigenvalue weighted by molar-refractivity contribution is 9.10. The van der Waals surface area contributed by atoms with Crippen molar-refractivity contribution in [1.29, 1.82) is 0 Å². The summed E-state index contributed by atoms with van der Waals surface area (Å²) in [7, 11) is 0. The molecule has 1 unspecified atom stereocenters. The lowest BCUT2D eigenvalue weighted by Gasteiger charge is -2.25. The fourth-order valence-corrected chi connectivity index (χ4v) is 3.14. The molecule has 0 saturated carbocycles. The van der Waals surface area contributed by atoms with E-state index >= 15 is 0 Å². The molecule has 0 spiro atoms. The van der Waals surface area contributed by atoms with Gasteiger partial charge in [0.2, 0.25) is 0 Å². The maximum Gasteiger partial charge on any atom is 0.255 e. The largest absolute Gasteiger partial charge is 0.507 e. The summed E-state index contributed by atoms with van der Waals surface area (Å²) < 4.78 is 0.777. The minimum atomic E-state index is -0.224. The second kappa shape index (κ2) is 5.90. The number of phenolic OH excluding ortho intramolecular Hbond substituents is 1. The van der Waals surface area contributed by atoms with Crippen molar-refractivity contribution in [3.8, 4) is 5.75 Å². The highest BCUT2D eigenvalue weighted by Gasteiger charge is 2.21. The summed E-state index contributed by atoms with van der Waals surface area (Å²) in [5, 5.41) is 12.8. The quantitative estimate of drug-likeness (QED) is 0.875. The molecule has 1 aliphatic rings. The molecule has 2 aromatic carbocycles. The van der Waals surface area contributed by atoms with Gasteiger partial charge >= 0.3 is 0 Å². The lowest BCUT2D eigenvalue weighted by Crippen LogP contribution is -2.38. The SMILES string of the molecule is O=C(NC1CCc2ccccc2C1)c1cc(Br)ccc1O. The number of hydrogen-bond acceptors (Lipinski definition) is 2. The van der Waals surface area contributed by atoms with Crippen molar-refractivity contribution in [1.82, 2.24) is 5.32 Å². The van der Waals surface area contributed by atoms with Gasteiger partial charge in [0.25, 0.3) is 5.91 Å². The number of nitrogens with one attached hydrogen (secondary N) is 1. The van der Waals surface area contributed by atoms with E-state index in [4.69, 9.17) is 0 Å². The Balaban J connectivity index is 1.73. The molecule has 1 amide bonds. The number of halogens is 1. The van der Waals surface area contributed by atoms with E-state index in [1.165, 1.54) is 17.2 Å². The maximum absolute atomic E-state index is 12.3. The lowest BCUT2D eigenvalue weighted by molar-refractivity contribution is 0.0931. The van der Waals surface area contributed by atoms with Gasteiger partial charge in [0.05, 0.1) is 5.56 Å². The van der Waals surface area contributed by atoms with Crippen LogP contribution in [0.5, 0.6) is 5.75 Å². The first-order chi connectivity index (χ1) is 10.1. The molecule has 2 N–H and O–H groups in total. The Hall–Kier alpha value is -1.81. The monoisotopic (exact) mass is 345 g/mol. The zero-order chi connectivity index (χ0) is 14.8. The van der Waals surface area contributed by atoms with E-state index in [1.54, 1.807) is 12.1 Å². The first-order valence-electron chi connectivity index (χ1n) is 6.99. The van der Waals surface area contributed by atoms with Gasteiger partial charge in [-0.05, 0) is 48.6 Å². The van der Waals surface area contributed by atoms with Gasteiger partial charge in [-0.3, -0.25) is 4.79 Å². The van der Waals surface area contributed by atoms with Crippen molar-refractivity contribution in [3.05, 3.63) is 63.6 Å². The second-order valence-corrected chi connectivity index (χ2v) is 6.26. The van der Waals surface area contributed by atoms with Crippen molar-refractivity contribution in [2.75, 3.05) is 0 Å². The van der Waals surface area contributed by atoms with Gasteiger partial charge in [-0.2, -0.15) is 0 Å². The van der Waals surface area contributed by atoms with Crippen LogP contribution in [0.1, 0.15) is 27.9 Å². The van der Waals surface area contributed by atoms with E-state index < -0.39 is 0 Å². The van der Waals surface area contributed by atoms with Gasteiger partial charge in [0.15, 0.2) is 0 Å². The van der Waals surface area contributed by atoms with Crippen LogP contribution in [-0.4, -0.2) is 17.1 Å². The van der Waals surface area contributed by atoms with E-state index in [-0.39, 0.29) is 17.7 Å². The number of phenols is 1. The molecule has 1 atom stereocenters. The molecule has 0 heterocycles. The molecule has 0 aliphatic heterocycles. The van der Waals surface area contributed by atoms with Gasteiger partial charge in [0.1, 0.15) is 5.75 Å². The minimum absolute atomic E-state index is 0.00640. The number of benzene rings is 2. The fraction of sp³-hybridized carbons (Fsp3) is 0.235. The Morgan fingerprint density at radius 1 is 1.19 bits per heavy atom. The summed E-state index contributed by atoms with van der Waals surface area (Å²) in [5.74, 6) is -0.218. The van der Waals surface area contributed by atoms with E-state index in [0.717, 1.165) is 23.7 Å². The molecular formula is C17H16BrNO2. The molecule has 1 aliphatic carbocycles. The molecule has 0 aromatic heterocycles. The zero-order valence-electron chi connectivity index (χ0n) is 11.5. The predicted octanol–water partition coefficient (Wildman–Crippen LogP) is 3.44. The number of carbonyl (C=O) groups is 1. The third kappa shape index (κ3) is 3.10. The van der Waals surface area contributed by atoms with Crippen molar-refractivity contribution >= 4 is 21.8 Å². The third-order valence-corrected chi connectivity index (χ3v) is 4.38. The van der Waals surface area contributed by atoms with Crippen LogP contribution in [0.2, 0.25) is 0 Å². The Labute approximate surface area is 132 Å². The van der Waals surface area contributed by atoms with Crippen LogP contribution in [0.4, 0.5) is 0 Å². The summed E-state index contributed by atoms with van der Waals surface area (Å²) in [6, 6.07) is 13.3. The van der Waals surface area contributed by atoms with Crippen LogP contribution in [0.25, 0.3) is 0 Å². The Morgan fingerprint density at radius 3 is 2.76 bits per heavy atom. The van der Waals surface area contributed by atoms with Crippen molar-refractivity contribution in [3.63, 3.8) is 0 Å². The Kier molecular flexibility index (Phi) is 3.97. The van der Waals surface area contributed by atoms with Crippen LogP contribution in [0.15, 0.2) is 46.9 Å². The molecule has 108 valence electrons. The Morgan fingerprint density at radius 2 is 1.95 bits per heavy atom. The number of aryl methyl sites for hydroxylation is 1. The average molecular weight is 346 g/mol. The number of aromatic hydroxyl groups is 1. The minimum Gasteiger partial charge on any atom is -0.507 e. The number of carbonyl (C=O) groups excluding carboxylic acids is 1. The van der Waals surface area contributed by atoms with Gasteiger partial charge in [0, 0.05) is 10.5 Å². The maximum atomic E-state index is 12.3. The van der Waals surface area contributed by atoms with Gasteiger partial charge in [-0.1, -0.05) is 40.2 Å². The number of rotatable bonds is 2. The number of fused-ring (bicyclic) bond motifs is 1. The van der Waals surface area contributed by atoms with E-state index in [0.29, 0.717) is 5.56 Å². The molecule has 0 saturated heterocycles. The summed E-state index contributed by atoms with van der Waals surface area (Å²) in [4.78, 5) is 12.3. The highest BCUT2D eigenvalue weighted by Crippen LogP contribution is 2.24. The molecule has 4 heteroatoms. The average Bonchev–Trinajstić information content (AvgIpc) is 2.49. The van der Waals surface area contributed by atoms with Crippen LogP contribution < -0.4 is 5.32 Å². The first kappa shape index (κ1) is 14.1. The molecule has 0 fully saturated rings. The molecule has 0 radical (unpaired) electrons. The molecule has 21 heavy (non-hydrogen) atoms. The molecule has 2 aromatic rings. The van der Waals surface area contributed by atoms with Crippen LogP contribution in [0.3, 0.4) is 0 Å². The van der Waals surface area contributed by atoms with Gasteiger partial charge in [-0.25, -0.2) is 0 Å². The fourth-order valence-electron chi connectivity index (χ4n) is 2.77. The molecule has 0 bridgehead atoms. The van der Waals surface area contributed by atoms with E-state index in [2.05, 4.69) is 39.4 Å². The second-order valence-electron chi connectivity index (χ2n) is 5.34. The predicted molar refractivity (Wildman–Crippen MR) is 85.5 cm³/mol. The highest BCUT2D eigenvalue weighted by atomic mass is 79.9. The molecule has 3 rings (SSSR count). The Bertz CT molecular complexity index is 684. The molecular weight excluding hydrogens is 330 g/mol. The van der Waals surface area contributed by atoms with Crippen molar-refractivity contribution < 1.29 is 9.90 Å². The van der Waals surface area contributed by atoms with Crippen LogP contribution >= 0.6 is 15.9 Å². The van der Waals surface area contributed by atoms with Crippen LogP contribution in [-0.2, 0) is 12.8 Å². The molecule has 3 nitrogen and oxygen atoms in total. The standard InChI is InChI=1S/C17H16BrNO2/c18-13-6-8-16(20)15(10-13)17(21)19-14-7-5-11-3-1-2-4-12(11)9-14/h1-4,6,8,10,14,20H,5,7,9H2,(H,19,21). The number of hydrogen-bond donors (Lipinski definition) is 2. The topological polar surface area (TPSA) is 49.3 Å². The smallest absolute Gasteiger partial charge is 0.255 e. The summed E-state index contributed by atoms with van der Waals surface area (Å²) >= 11 is 3.32. The first-order valence-corrected chi connectivity index (χ1v) is 7.79. The number of amides is 1. The van der Waals surface area contributed by atoms with E-state index in [1.807, 2.05) is 6.07 Å². The van der Waals surface area contributed by atoms with Crippen LogP contribution in [0, 0.1) is 0 Å². The summed E-state index contributed by atoms with van der Waals surface area (Å²) in [6.45, 7) is 0. The third-order valence-electron chi connectivity index (χ3n) is 3.89. The van der Waals surface area contributed by atoms with Crippen molar-refractivity contribution in [2.45, 2.75) is 25.3 Å². The van der Waals surface area contributed by atoms with Crippen molar-refractivity contribution in [2.24, 2.45) is 0 Å². The zero-order valence-corrected chi connectivity index (χ0v) is 13.1.